The lowest BCUT2D eigenvalue weighted by Gasteiger charge is -2.31. The van der Waals surface area contributed by atoms with Crippen molar-refractivity contribution in [1.29, 1.82) is 0 Å². The first-order valence-electron chi connectivity index (χ1n) is 9.01. The number of para-hydroxylation sites is 1. The van der Waals surface area contributed by atoms with E-state index in [0.29, 0.717) is 18.8 Å². The van der Waals surface area contributed by atoms with Gasteiger partial charge in [0.2, 0.25) is 0 Å². The van der Waals surface area contributed by atoms with Crippen molar-refractivity contribution in [3.63, 3.8) is 0 Å². The normalized spacial score (nSPS) is 15.2. The molecule has 3 rings (SSSR count). The smallest absolute Gasteiger partial charge is 0.260 e. The molecule has 1 atom stereocenters. The van der Waals surface area contributed by atoms with E-state index in [1.165, 1.54) is 16.0 Å². The molecule has 1 heterocycles. The molecular weight excluding hydrogens is 328 g/mol. The molecule has 5 nitrogen and oxygen atoms in total. The number of likely N-dealkylation sites (N-methyl/N-ethyl adjacent to an activating group) is 1. The maximum atomic E-state index is 12.2. The highest BCUT2D eigenvalue weighted by molar-refractivity contribution is 5.77. The molecule has 2 aromatic rings. The third-order valence-corrected chi connectivity index (χ3v) is 4.69. The Labute approximate surface area is 154 Å². The number of ether oxygens (including phenoxy) is 1. The van der Waals surface area contributed by atoms with E-state index in [1.54, 1.807) is 7.05 Å². The van der Waals surface area contributed by atoms with Crippen LogP contribution in [0.5, 0.6) is 5.75 Å². The van der Waals surface area contributed by atoms with Gasteiger partial charge < -0.3 is 14.7 Å². The molecule has 0 spiro atoms. The third kappa shape index (κ3) is 5.07. The fourth-order valence-electron chi connectivity index (χ4n) is 3.26. The van der Waals surface area contributed by atoms with Crippen LogP contribution in [0.4, 0.5) is 0 Å². The predicted octanol–water partition coefficient (Wildman–Crippen LogP) is 1.94. The fourth-order valence-corrected chi connectivity index (χ4v) is 3.26. The lowest BCUT2D eigenvalue weighted by Crippen LogP contribution is -2.43. The summed E-state index contributed by atoms with van der Waals surface area (Å²) in [5.41, 5.74) is 2.72. The summed E-state index contributed by atoms with van der Waals surface area (Å²) in [6.45, 7) is 2.62. The molecule has 1 N–H and O–H groups in total. The highest BCUT2D eigenvalue weighted by atomic mass is 16.5. The molecule has 0 radical (unpaired) electrons. The molecule has 0 aliphatic carbocycles. The topological polar surface area (TPSA) is 53.0 Å². The van der Waals surface area contributed by atoms with Crippen molar-refractivity contribution in [3.05, 3.63) is 65.7 Å². The highest BCUT2D eigenvalue weighted by Gasteiger charge is 2.20. The summed E-state index contributed by atoms with van der Waals surface area (Å²) < 4.78 is 5.48. The first kappa shape index (κ1) is 18.4. The lowest BCUT2D eigenvalue weighted by molar-refractivity contribution is -0.133. The summed E-state index contributed by atoms with van der Waals surface area (Å²) in [5, 5.41) is 10.4. The van der Waals surface area contributed by atoms with Crippen molar-refractivity contribution in [2.24, 2.45) is 0 Å². The van der Waals surface area contributed by atoms with Gasteiger partial charge in [-0.3, -0.25) is 9.69 Å². The Kier molecular flexibility index (Phi) is 6.26. The van der Waals surface area contributed by atoms with Gasteiger partial charge in [0.15, 0.2) is 6.61 Å². The number of β-amino-alcohol motifs (C(OH)–C–C–N with tert-alkyl or cyclic N) is 1. The van der Waals surface area contributed by atoms with Gasteiger partial charge in [-0.05, 0) is 29.7 Å². The predicted molar refractivity (Wildman–Crippen MR) is 101 cm³/mol. The molecule has 1 aliphatic heterocycles. The van der Waals surface area contributed by atoms with Gasteiger partial charge in [0.25, 0.3) is 5.91 Å². The summed E-state index contributed by atoms with van der Waals surface area (Å²) >= 11 is 0. The van der Waals surface area contributed by atoms with Crippen LogP contribution in [0.15, 0.2) is 54.6 Å². The monoisotopic (exact) mass is 354 g/mol. The number of carbonyl (C=O) groups is 1. The molecule has 0 bridgehead atoms. The lowest BCUT2D eigenvalue weighted by atomic mass is 10.00. The first-order chi connectivity index (χ1) is 12.6. The van der Waals surface area contributed by atoms with E-state index >= 15 is 0 Å². The summed E-state index contributed by atoms with van der Waals surface area (Å²) in [6, 6.07) is 17.7. The maximum absolute atomic E-state index is 12.2. The van der Waals surface area contributed by atoms with Crippen molar-refractivity contribution in [2.75, 3.05) is 33.3 Å². The fraction of sp³-hybridized carbons (Fsp3) is 0.381. The molecule has 0 fully saturated rings. The average Bonchev–Trinajstić information content (AvgIpc) is 2.66. The summed E-state index contributed by atoms with van der Waals surface area (Å²) in [5.74, 6) is 0.527. The highest BCUT2D eigenvalue weighted by Crippen LogP contribution is 2.18. The second kappa shape index (κ2) is 8.83. The zero-order chi connectivity index (χ0) is 18.4. The molecule has 1 amide bonds. The molecule has 138 valence electrons. The standard InChI is InChI=1S/C21H26N2O3/c1-22(21(25)16-26-20-9-3-2-4-10-20)14-19(24)15-23-12-11-17-7-5-6-8-18(17)13-23/h2-10,19,24H,11-16H2,1H3. The van der Waals surface area contributed by atoms with Crippen LogP contribution in [0, 0.1) is 0 Å². The molecule has 0 saturated carbocycles. The van der Waals surface area contributed by atoms with Crippen LogP contribution in [-0.2, 0) is 17.8 Å². The first-order valence-corrected chi connectivity index (χ1v) is 9.01. The second-order valence-electron chi connectivity index (χ2n) is 6.78. The van der Waals surface area contributed by atoms with E-state index in [2.05, 4.69) is 29.2 Å². The number of nitrogens with zero attached hydrogens (tertiary/aromatic N) is 2. The van der Waals surface area contributed by atoms with Crippen molar-refractivity contribution < 1.29 is 14.6 Å². The van der Waals surface area contributed by atoms with Crippen molar-refractivity contribution >= 4 is 5.91 Å². The Morgan fingerprint density at radius 2 is 1.85 bits per heavy atom. The Hall–Kier alpha value is -2.37. The number of hydrogen-bond acceptors (Lipinski definition) is 4. The molecule has 1 unspecified atom stereocenters. The number of rotatable bonds is 7. The van der Waals surface area contributed by atoms with E-state index in [9.17, 15) is 9.90 Å². The molecule has 1 aliphatic rings. The number of amides is 1. The van der Waals surface area contributed by atoms with Crippen LogP contribution in [0.1, 0.15) is 11.1 Å². The SMILES string of the molecule is CN(CC(O)CN1CCc2ccccc2C1)C(=O)COc1ccccc1. The number of fused-ring (bicyclic) bond motifs is 1. The van der Waals surface area contributed by atoms with Crippen LogP contribution in [-0.4, -0.2) is 60.2 Å². The van der Waals surface area contributed by atoms with Gasteiger partial charge in [-0.2, -0.15) is 0 Å². The second-order valence-corrected chi connectivity index (χ2v) is 6.78. The summed E-state index contributed by atoms with van der Waals surface area (Å²) in [7, 11) is 1.70. The third-order valence-electron chi connectivity index (χ3n) is 4.69. The van der Waals surface area contributed by atoms with E-state index < -0.39 is 6.10 Å². The minimum Gasteiger partial charge on any atom is -0.484 e. The zero-order valence-electron chi connectivity index (χ0n) is 15.2. The molecule has 26 heavy (non-hydrogen) atoms. The summed E-state index contributed by atoms with van der Waals surface area (Å²) in [4.78, 5) is 16.0. The van der Waals surface area contributed by atoms with E-state index in [1.807, 2.05) is 30.3 Å². The van der Waals surface area contributed by atoms with Gasteiger partial charge in [0, 0.05) is 33.2 Å². The van der Waals surface area contributed by atoms with E-state index in [-0.39, 0.29) is 12.5 Å². The molecule has 2 aromatic carbocycles. The minimum atomic E-state index is -0.578. The quantitative estimate of drug-likeness (QED) is 0.826. The average molecular weight is 354 g/mol. The van der Waals surface area contributed by atoms with Crippen LogP contribution in [0.3, 0.4) is 0 Å². The molecule has 0 saturated heterocycles. The van der Waals surface area contributed by atoms with Gasteiger partial charge >= 0.3 is 0 Å². The number of hydrogen-bond donors (Lipinski definition) is 1. The largest absolute Gasteiger partial charge is 0.484 e. The van der Waals surface area contributed by atoms with Gasteiger partial charge in [-0.15, -0.1) is 0 Å². The van der Waals surface area contributed by atoms with Crippen LogP contribution in [0.2, 0.25) is 0 Å². The Morgan fingerprint density at radius 1 is 1.15 bits per heavy atom. The van der Waals surface area contributed by atoms with Gasteiger partial charge in [-0.1, -0.05) is 42.5 Å². The minimum absolute atomic E-state index is 0.0235. The maximum Gasteiger partial charge on any atom is 0.260 e. The summed E-state index contributed by atoms with van der Waals surface area (Å²) in [6.07, 6.45) is 0.425. The number of aliphatic hydroxyl groups is 1. The Morgan fingerprint density at radius 3 is 2.62 bits per heavy atom. The van der Waals surface area contributed by atoms with Crippen LogP contribution in [0.25, 0.3) is 0 Å². The Balaban J connectivity index is 1.42. The zero-order valence-corrected chi connectivity index (χ0v) is 15.2. The Bertz CT molecular complexity index is 720. The molecule has 5 heteroatoms. The van der Waals surface area contributed by atoms with Crippen molar-refractivity contribution in [3.8, 4) is 5.75 Å². The molecular formula is C21H26N2O3. The number of benzene rings is 2. The van der Waals surface area contributed by atoms with Crippen molar-refractivity contribution in [1.82, 2.24) is 9.80 Å². The van der Waals surface area contributed by atoms with E-state index in [0.717, 1.165) is 19.5 Å². The number of carbonyl (C=O) groups excluding carboxylic acids is 1. The van der Waals surface area contributed by atoms with E-state index in [4.69, 9.17) is 4.74 Å². The van der Waals surface area contributed by atoms with Gasteiger partial charge in [-0.25, -0.2) is 0 Å². The van der Waals surface area contributed by atoms with Gasteiger partial charge in [0.05, 0.1) is 6.10 Å². The number of aliphatic hydroxyl groups excluding tert-OH is 1. The van der Waals surface area contributed by atoms with Crippen LogP contribution < -0.4 is 4.74 Å². The van der Waals surface area contributed by atoms with Crippen LogP contribution >= 0.6 is 0 Å². The van der Waals surface area contributed by atoms with Gasteiger partial charge in [0.1, 0.15) is 5.75 Å². The molecule has 0 aromatic heterocycles. The van der Waals surface area contributed by atoms with Crippen molar-refractivity contribution in [2.45, 2.75) is 19.1 Å².